The summed E-state index contributed by atoms with van der Waals surface area (Å²) in [5.41, 5.74) is 3.08. The Bertz CT molecular complexity index is 1060. The van der Waals surface area contributed by atoms with Gasteiger partial charge in [-0.3, -0.25) is 9.59 Å². The van der Waals surface area contributed by atoms with Crippen LogP contribution in [0.15, 0.2) is 29.1 Å². The first-order valence-corrected chi connectivity index (χ1v) is 11.9. The van der Waals surface area contributed by atoms with Crippen LogP contribution in [0.1, 0.15) is 36.4 Å². The summed E-state index contributed by atoms with van der Waals surface area (Å²) in [7, 11) is 6.19. The number of aryl methyl sites for hydroxylation is 1. The lowest BCUT2D eigenvalue weighted by Crippen LogP contribution is -2.29. The molecular formula is C24H28INO6. The average Bonchev–Trinajstić information content (AvgIpc) is 3.04. The van der Waals surface area contributed by atoms with Crippen LogP contribution in [0.2, 0.25) is 0 Å². The van der Waals surface area contributed by atoms with Crippen molar-refractivity contribution < 1.29 is 23.7 Å². The van der Waals surface area contributed by atoms with Gasteiger partial charge in [-0.2, -0.15) is 0 Å². The molecule has 172 valence electrons. The van der Waals surface area contributed by atoms with Gasteiger partial charge in [0.05, 0.1) is 34.5 Å². The Hall–Kier alpha value is -2.49. The van der Waals surface area contributed by atoms with E-state index in [4.69, 9.17) is 18.9 Å². The van der Waals surface area contributed by atoms with Crippen molar-refractivity contribution in [3.8, 4) is 34.1 Å². The second kappa shape index (κ2) is 10.9. The zero-order chi connectivity index (χ0) is 23.3. The van der Waals surface area contributed by atoms with Gasteiger partial charge in [-0.25, -0.2) is 0 Å². The molecule has 1 aliphatic carbocycles. The Morgan fingerprint density at radius 2 is 1.75 bits per heavy atom. The van der Waals surface area contributed by atoms with Crippen molar-refractivity contribution in [1.82, 2.24) is 5.32 Å². The van der Waals surface area contributed by atoms with E-state index in [0.717, 1.165) is 33.1 Å². The van der Waals surface area contributed by atoms with Crippen molar-refractivity contribution in [1.29, 1.82) is 0 Å². The van der Waals surface area contributed by atoms with Crippen molar-refractivity contribution in [2.45, 2.75) is 31.7 Å². The highest BCUT2D eigenvalue weighted by Gasteiger charge is 2.29. The third kappa shape index (κ3) is 4.79. The van der Waals surface area contributed by atoms with E-state index >= 15 is 0 Å². The van der Waals surface area contributed by atoms with Gasteiger partial charge in [0.1, 0.15) is 0 Å². The van der Waals surface area contributed by atoms with E-state index in [9.17, 15) is 9.59 Å². The molecule has 0 bridgehead atoms. The first-order chi connectivity index (χ1) is 15.5. The van der Waals surface area contributed by atoms with E-state index in [-0.39, 0.29) is 23.1 Å². The van der Waals surface area contributed by atoms with Gasteiger partial charge in [0.2, 0.25) is 17.1 Å². The summed E-state index contributed by atoms with van der Waals surface area (Å²) in [4.78, 5) is 25.4. The molecule has 2 aromatic rings. The molecule has 32 heavy (non-hydrogen) atoms. The minimum atomic E-state index is -0.328. The molecule has 8 heteroatoms. The molecule has 0 saturated heterocycles. The number of carbonyl (C=O) groups is 1. The lowest BCUT2D eigenvalue weighted by atomic mass is 9.95. The number of halogens is 1. The molecule has 0 fully saturated rings. The first-order valence-electron chi connectivity index (χ1n) is 10.4. The van der Waals surface area contributed by atoms with E-state index < -0.39 is 0 Å². The Morgan fingerprint density at radius 3 is 2.38 bits per heavy atom. The Balaban J connectivity index is 2.28. The van der Waals surface area contributed by atoms with Crippen LogP contribution in [0, 0.1) is 0 Å². The number of nitrogens with one attached hydrogen (secondary N) is 1. The number of rotatable bonds is 8. The van der Waals surface area contributed by atoms with E-state index in [1.807, 2.05) is 12.1 Å². The summed E-state index contributed by atoms with van der Waals surface area (Å²) in [5, 5.41) is 3.13. The molecule has 0 aromatic heterocycles. The maximum atomic E-state index is 12.8. The van der Waals surface area contributed by atoms with Crippen molar-refractivity contribution in [2.75, 3.05) is 32.9 Å². The van der Waals surface area contributed by atoms with E-state index in [0.29, 0.717) is 36.5 Å². The van der Waals surface area contributed by atoms with Crippen LogP contribution in [-0.2, 0) is 11.2 Å². The second-order valence-electron chi connectivity index (χ2n) is 7.41. The summed E-state index contributed by atoms with van der Waals surface area (Å²) in [5.74, 6) is 1.77. The molecule has 0 spiro atoms. The van der Waals surface area contributed by atoms with Crippen LogP contribution in [0.4, 0.5) is 0 Å². The van der Waals surface area contributed by atoms with Gasteiger partial charge in [0, 0.05) is 16.4 Å². The number of methoxy groups -OCH3 is 4. The van der Waals surface area contributed by atoms with Crippen LogP contribution in [0.3, 0.4) is 0 Å². The molecule has 1 atom stereocenters. The van der Waals surface area contributed by atoms with Crippen molar-refractivity contribution in [3.05, 3.63) is 45.6 Å². The van der Waals surface area contributed by atoms with E-state index in [1.165, 1.54) is 7.11 Å². The topological polar surface area (TPSA) is 83.1 Å². The number of ether oxygens (including phenoxy) is 4. The van der Waals surface area contributed by atoms with Crippen LogP contribution in [0.5, 0.6) is 23.0 Å². The summed E-state index contributed by atoms with van der Waals surface area (Å²) >= 11 is 2.26. The molecule has 1 amide bonds. The van der Waals surface area contributed by atoms with Gasteiger partial charge in [0.25, 0.3) is 0 Å². The molecule has 7 nitrogen and oxygen atoms in total. The molecular weight excluding hydrogens is 525 g/mol. The minimum absolute atomic E-state index is 0.0309. The quantitative estimate of drug-likeness (QED) is 0.392. The zero-order valence-corrected chi connectivity index (χ0v) is 20.9. The third-order valence-electron chi connectivity index (χ3n) is 5.59. The number of fused-ring (bicyclic) bond motifs is 3. The predicted molar refractivity (Wildman–Crippen MR) is 132 cm³/mol. The van der Waals surface area contributed by atoms with Gasteiger partial charge in [-0.05, 0) is 54.2 Å². The minimum Gasteiger partial charge on any atom is -0.493 e. The second-order valence-corrected chi connectivity index (χ2v) is 8.49. The van der Waals surface area contributed by atoms with Crippen molar-refractivity contribution in [3.63, 3.8) is 0 Å². The lowest BCUT2D eigenvalue weighted by Gasteiger charge is -2.20. The molecule has 1 unspecified atom stereocenters. The van der Waals surface area contributed by atoms with E-state index in [1.54, 1.807) is 33.5 Å². The predicted octanol–water partition coefficient (Wildman–Crippen LogP) is 4.07. The SMILES string of the molecule is COc1cc2c(c(OC)c1OC)-c1ccc(OC)c(=O)cc1C(NC(=O)CCCI)CC2. The highest BCUT2D eigenvalue weighted by molar-refractivity contribution is 14.1. The molecule has 1 aliphatic rings. The van der Waals surface area contributed by atoms with Crippen molar-refractivity contribution >= 4 is 28.5 Å². The summed E-state index contributed by atoms with van der Waals surface area (Å²) < 4.78 is 23.1. The first kappa shape index (κ1) is 24.2. The van der Waals surface area contributed by atoms with Crippen LogP contribution < -0.4 is 29.7 Å². The summed E-state index contributed by atoms with van der Waals surface area (Å²) in [6, 6.07) is 6.66. The molecule has 0 saturated carbocycles. The fourth-order valence-electron chi connectivity index (χ4n) is 4.11. The summed E-state index contributed by atoms with van der Waals surface area (Å²) in [6.07, 6.45) is 2.53. The number of alkyl halides is 1. The third-order valence-corrected chi connectivity index (χ3v) is 6.36. The number of hydrogen-bond acceptors (Lipinski definition) is 6. The highest BCUT2D eigenvalue weighted by atomic mass is 127. The standard InChI is InChI=1S/C24H28INO6/c1-29-19-10-8-15-16(13-18(19)27)17(26-21(28)6-5-11-25)9-7-14-12-20(30-2)23(31-3)24(32-4)22(14)15/h8,10,12-13,17H,5-7,9,11H2,1-4H3,(H,26,28). The van der Waals surface area contributed by atoms with Gasteiger partial charge in [0.15, 0.2) is 17.2 Å². The molecule has 0 aliphatic heterocycles. The monoisotopic (exact) mass is 553 g/mol. The van der Waals surface area contributed by atoms with Crippen LogP contribution in [0.25, 0.3) is 11.1 Å². The van der Waals surface area contributed by atoms with Gasteiger partial charge in [-0.1, -0.05) is 28.7 Å². The molecule has 0 radical (unpaired) electrons. The van der Waals surface area contributed by atoms with Gasteiger partial charge in [-0.15, -0.1) is 0 Å². The maximum absolute atomic E-state index is 12.8. The lowest BCUT2D eigenvalue weighted by molar-refractivity contribution is -0.121. The number of hydrogen-bond donors (Lipinski definition) is 1. The normalized spacial score (nSPS) is 14.5. The fraction of sp³-hybridized carbons (Fsp3) is 0.417. The molecule has 0 heterocycles. The number of benzene rings is 1. The number of amides is 1. The fourth-order valence-corrected chi connectivity index (χ4v) is 4.49. The van der Waals surface area contributed by atoms with Crippen LogP contribution in [-0.4, -0.2) is 38.8 Å². The molecule has 1 N–H and O–H groups in total. The molecule has 3 rings (SSSR count). The van der Waals surface area contributed by atoms with Crippen LogP contribution >= 0.6 is 22.6 Å². The smallest absolute Gasteiger partial charge is 0.220 e. The number of carbonyl (C=O) groups excluding carboxylic acids is 1. The summed E-state index contributed by atoms with van der Waals surface area (Å²) in [6.45, 7) is 0. The van der Waals surface area contributed by atoms with Gasteiger partial charge >= 0.3 is 0 Å². The Morgan fingerprint density at radius 1 is 1.03 bits per heavy atom. The van der Waals surface area contributed by atoms with Crippen molar-refractivity contribution in [2.24, 2.45) is 0 Å². The zero-order valence-electron chi connectivity index (χ0n) is 18.7. The Labute approximate surface area is 201 Å². The molecule has 2 aromatic carbocycles. The average molecular weight is 553 g/mol. The highest BCUT2D eigenvalue weighted by Crippen LogP contribution is 2.50. The van der Waals surface area contributed by atoms with Gasteiger partial charge < -0.3 is 24.3 Å². The largest absolute Gasteiger partial charge is 0.493 e. The van der Waals surface area contributed by atoms with E-state index in [2.05, 4.69) is 27.9 Å². The maximum Gasteiger partial charge on any atom is 0.220 e. The Kier molecular flexibility index (Phi) is 8.22.